The van der Waals surface area contributed by atoms with Gasteiger partial charge in [-0.05, 0) is 55.3 Å². The zero-order valence-corrected chi connectivity index (χ0v) is 16.9. The summed E-state index contributed by atoms with van der Waals surface area (Å²) in [4.78, 5) is 31.4. The highest BCUT2D eigenvalue weighted by atomic mass is 35.5. The van der Waals surface area contributed by atoms with E-state index in [1.165, 1.54) is 12.8 Å². The van der Waals surface area contributed by atoms with E-state index in [9.17, 15) is 4.79 Å². The van der Waals surface area contributed by atoms with Crippen LogP contribution in [0.5, 0.6) is 0 Å². The summed E-state index contributed by atoms with van der Waals surface area (Å²) in [5.74, 6) is 1.37. The smallest absolute Gasteiger partial charge is 0.257 e. The van der Waals surface area contributed by atoms with Crippen LogP contribution < -0.4 is 10.2 Å². The average Bonchev–Trinajstić information content (AvgIpc) is 3.44. The highest BCUT2D eigenvalue weighted by Crippen LogP contribution is 2.23. The second-order valence-corrected chi connectivity index (χ2v) is 7.67. The molecule has 7 nitrogen and oxygen atoms in total. The fraction of sp³-hybridized carbons (Fsp3) is 0.182. The standard InChI is InChI=1S/C22H19ClN6O/c23-15-4-6-18(24-13-15)21-27-17-7-5-16(11-19(17)28-21)26-22(30)14-3-8-20(25-12-14)29-9-1-2-10-29/h3-8,11-13H,1-2,9-10H2,(H,26,30)(H,27,28). The number of carbonyl (C=O) groups excluding carboxylic acids is 1. The van der Waals surface area contributed by atoms with Crippen molar-refractivity contribution in [3.8, 4) is 11.5 Å². The van der Waals surface area contributed by atoms with E-state index in [4.69, 9.17) is 11.6 Å². The van der Waals surface area contributed by atoms with Crippen molar-refractivity contribution in [1.29, 1.82) is 0 Å². The van der Waals surface area contributed by atoms with Crippen molar-refractivity contribution in [2.75, 3.05) is 23.3 Å². The molecule has 8 heteroatoms. The van der Waals surface area contributed by atoms with E-state index < -0.39 is 0 Å². The summed E-state index contributed by atoms with van der Waals surface area (Å²) in [5.41, 5.74) is 3.49. The number of carbonyl (C=O) groups is 1. The topological polar surface area (TPSA) is 86.8 Å². The Morgan fingerprint density at radius 3 is 2.63 bits per heavy atom. The number of nitrogens with zero attached hydrogens (tertiary/aromatic N) is 4. The Hall–Kier alpha value is -3.45. The predicted octanol–water partition coefficient (Wildman–Crippen LogP) is 4.53. The van der Waals surface area contributed by atoms with E-state index in [0.717, 1.165) is 29.9 Å². The third-order valence-corrected chi connectivity index (χ3v) is 5.37. The molecule has 0 spiro atoms. The van der Waals surface area contributed by atoms with Crippen molar-refractivity contribution in [3.05, 3.63) is 65.4 Å². The minimum absolute atomic E-state index is 0.200. The van der Waals surface area contributed by atoms with Crippen LogP contribution in [0.4, 0.5) is 11.5 Å². The minimum atomic E-state index is -0.200. The van der Waals surface area contributed by atoms with Crippen molar-refractivity contribution < 1.29 is 4.79 Å². The Kier molecular flexibility index (Phi) is 4.80. The summed E-state index contributed by atoms with van der Waals surface area (Å²) in [6, 6.07) is 12.8. The maximum Gasteiger partial charge on any atom is 0.257 e. The van der Waals surface area contributed by atoms with Gasteiger partial charge in [-0.2, -0.15) is 0 Å². The number of halogens is 1. The maximum atomic E-state index is 12.6. The molecular weight excluding hydrogens is 400 g/mol. The normalized spacial score (nSPS) is 13.7. The average molecular weight is 419 g/mol. The van der Waals surface area contributed by atoms with Gasteiger partial charge in [0.1, 0.15) is 11.5 Å². The molecule has 30 heavy (non-hydrogen) atoms. The predicted molar refractivity (Wildman–Crippen MR) is 118 cm³/mol. The van der Waals surface area contributed by atoms with Crippen LogP contribution in [0.15, 0.2) is 54.9 Å². The van der Waals surface area contributed by atoms with E-state index >= 15 is 0 Å². The molecule has 1 aliphatic rings. The molecule has 3 aromatic heterocycles. The van der Waals surface area contributed by atoms with Crippen LogP contribution in [0.3, 0.4) is 0 Å². The fourth-order valence-corrected chi connectivity index (χ4v) is 3.69. The van der Waals surface area contributed by atoms with Crippen LogP contribution >= 0.6 is 11.6 Å². The number of anilines is 2. The van der Waals surface area contributed by atoms with Gasteiger partial charge in [0, 0.05) is 31.2 Å². The molecule has 1 fully saturated rings. The fourth-order valence-electron chi connectivity index (χ4n) is 3.58. The molecule has 0 atom stereocenters. The minimum Gasteiger partial charge on any atom is -0.357 e. The number of nitrogens with one attached hydrogen (secondary N) is 2. The lowest BCUT2D eigenvalue weighted by Crippen LogP contribution is -2.19. The van der Waals surface area contributed by atoms with E-state index in [0.29, 0.717) is 27.8 Å². The van der Waals surface area contributed by atoms with E-state index in [-0.39, 0.29) is 5.91 Å². The number of pyridine rings is 2. The summed E-state index contributed by atoms with van der Waals surface area (Å²) in [5, 5.41) is 3.49. The van der Waals surface area contributed by atoms with Crippen LogP contribution in [-0.2, 0) is 0 Å². The molecule has 0 saturated carbocycles. The summed E-state index contributed by atoms with van der Waals surface area (Å²) >= 11 is 5.90. The van der Waals surface area contributed by atoms with Gasteiger partial charge < -0.3 is 15.2 Å². The number of aromatic amines is 1. The van der Waals surface area contributed by atoms with Crippen LogP contribution in [0.2, 0.25) is 5.02 Å². The van der Waals surface area contributed by atoms with Gasteiger partial charge in [0.15, 0.2) is 5.82 Å². The summed E-state index contributed by atoms with van der Waals surface area (Å²) in [7, 11) is 0. The first kappa shape index (κ1) is 18.6. The van der Waals surface area contributed by atoms with Gasteiger partial charge in [0.2, 0.25) is 0 Å². The molecule has 0 bridgehead atoms. The molecule has 4 aromatic rings. The summed E-state index contributed by atoms with van der Waals surface area (Å²) in [6.07, 6.45) is 5.59. The number of aromatic nitrogens is 4. The van der Waals surface area contributed by atoms with Gasteiger partial charge in [-0.15, -0.1) is 0 Å². The van der Waals surface area contributed by atoms with Crippen molar-refractivity contribution in [2.45, 2.75) is 12.8 Å². The molecule has 0 aliphatic carbocycles. The van der Waals surface area contributed by atoms with Gasteiger partial charge >= 0.3 is 0 Å². The van der Waals surface area contributed by atoms with Gasteiger partial charge in [-0.1, -0.05) is 11.6 Å². The zero-order chi connectivity index (χ0) is 20.5. The molecule has 5 rings (SSSR count). The lowest BCUT2D eigenvalue weighted by atomic mass is 10.2. The Morgan fingerprint density at radius 2 is 1.90 bits per heavy atom. The number of imidazole rings is 1. The highest BCUT2D eigenvalue weighted by Gasteiger charge is 2.15. The largest absolute Gasteiger partial charge is 0.357 e. The van der Waals surface area contributed by atoms with Crippen molar-refractivity contribution in [3.63, 3.8) is 0 Å². The Labute approximate surface area is 178 Å². The number of hydrogen-bond donors (Lipinski definition) is 2. The third kappa shape index (κ3) is 3.71. The van der Waals surface area contributed by atoms with Crippen molar-refractivity contribution in [2.24, 2.45) is 0 Å². The quantitative estimate of drug-likeness (QED) is 0.508. The lowest BCUT2D eigenvalue weighted by Gasteiger charge is -2.16. The van der Waals surface area contributed by atoms with Crippen LogP contribution in [-0.4, -0.2) is 38.9 Å². The molecular formula is C22H19ClN6O. The first-order valence-corrected chi connectivity index (χ1v) is 10.2. The van der Waals surface area contributed by atoms with Crippen LogP contribution in [0.25, 0.3) is 22.6 Å². The number of fused-ring (bicyclic) bond motifs is 1. The highest BCUT2D eigenvalue weighted by molar-refractivity contribution is 6.30. The number of benzene rings is 1. The summed E-state index contributed by atoms with van der Waals surface area (Å²) < 4.78 is 0. The number of H-pyrrole nitrogens is 1. The molecule has 4 heterocycles. The zero-order valence-electron chi connectivity index (χ0n) is 16.1. The van der Waals surface area contributed by atoms with Gasteiger partial charge in [0.05, 0.1) is 21.6 Å². The monoisotopic (exact) mass is 418 g/mol. The number of amides is 1. The van der Waals surface area contributed by atoms with Crippen molar-refractivity contribution in [1.82, 2.24) is 19.9 Å². The first-order chi connectivity index (χ1) is 14.7. The van der Waals surface area contributed by atoms with Gasteiger partial charge in [-0.3, -0.25) is 9.78 Å². The molecule has 1 aliphatic heterocycles. The molecule has 0 radical (unpaired) electrons. The second kappa shape index (κ2) is 7.76. The molecule has 150 valence electrons. The molecule has 1 amide bonds. The van der Waals surface area contributed by atoms with Crippen LogP contribution in [0, 0.1) is 0 Å². The van der Waals surface area contributed by atoms with E-state index in [2.05, 4.69) is 30.2 Å². The Bertz CT molecular complexity index is 1200. The molecule has 0 unspecified atom stereocenters. The second-order valence-electron chi connectivity index (χ2n) is 7.23. The number of rotatable bonds is 4. The molecule has 1 saturated heterocycles. The Balaban J connectivity index is 1.33. The van der Waals surface area contributed by atoms with E-state index in [1.807, 2.05) is 36.4 Å². The molecule has 2 N–H and O–H groups in total. The summed E-state index contributed by atoms with van der Waals surface area (Å²) in [6.45, 7) is 2.05. The maximum absolute atomic E-state index is 12.6. The van der Waals surface area contributed by atoms with Crippen LogP contribution in [0.1, 0.15) is 23.2 Å². The van der Waals surface area contributed by atoms with Gasteiger partial charge in [0.25, 0.3) is 5.91 Å². The Morgan fingerprint density at radius 1 is 1.03 bits per heavy atom. The van der Waals surface area contributed by atoms with Crippen molar-refractivity contribution >= 4 is 40.0 Å². The number of hydrogen-bond acceptors (Lipinski definition) is 5. The SMILES string of the molecule is O=C(Nc1ccc2nc(-c3ccc(Cl)cn3)[nH]c2c1)c1ccc(N2CCCC2)nc1. The van der Waals surface area contributed by atoms with E-state index in [1.54, 1.807) is 18.5 Å². The molecule has 1 aromatic carbocycles. The first-order valence-electron chi connectivity index (χ1n) is 9.80. The van der Waals surface area contributed by atoms with Gasteiger partial charge in [-0.25, -0.2) is 9.97 Å². The third-order valence-electron chi connectivity index (χ3n) is 5.15. The lowest BCUT2D eigenvalue weighted by molar-refractivity contribution is 0.102.